The first-order valence-corrected chi connectivity index (χ1v) is 15.1. The number of aryl methyl sites for hydroxylation is 1. The van der Waals surface area contributed by atoms with E-state index in [9.17, 15) is 18.0 Å². The van der Waals surface area contributed by atoms with Gasteiger partial charge >= 0.3 is 0 Å². The molecule has 2 amide bonds. The molecule has 0 aromatic heterocycles. The summed E-state index contributed by atoms with van der Waals surface area (Å²) in [6, 6.07) is 22.6. The average molecular weight is 570 g/mol. The quantitative estimate of drug-likeness (QED) is 0.338. The molecule has 1 N–H and O–H groups in total. The molecule has 3 aromatic carbocycles. The highest BCUT2D eigenvalue weighted by molar-refractivity contribution is 7.92. The van der Waals surface area contributed by atoms with Crippen LogP contribution in [-0.4, -0.2) is 50.5 Å². The van der Waals surface area contributed by atoms with Gasteiger partial charge < -0.3 is 10.2 Å². The Morgan fingerprint density at radius 1 is 0.923 bits per heavy atom. The van der Waals surface area contributed by atoms with Gasteiger partial charge in [-0.1, -0.05) is 92.2 Å². The fourth-order valence-corrected chi connectivity index (χ4v) is 5.33. The lowest BCUT2D eigenvalue weighted by Crippen LogP contribution is -2.53. The molecule has 3 aromatic rings. The van der Waals surface area contributed by atoms with E-state index in [-0.39, 0.29) is 24.8 Å². The average Bonchev–Trinajstić information content (AvgIpc) is 2.89. The lowest BCUT2D eigenvalue weighted by atomic mass is 10.0. The lowest BCUT2D eigenvalue weighted by Gasteiger charge is -2.34. The first-order chi connectivity index (χ1) is 18.5. The Hall–Kier alpha value is -3.36. The summed E-state index contributed by atoms with van der Waals surface area (Å²) in [6.45, 7) is 5.79. The Kier molecular flexibility index (Phi) is 10.5. The van der Waals surface area contributed by atoms with Crippen LogP contribution in [0.25, 0.3) is 0 Å². The van der Waals surface area contributed by atoms with Gasteiger partial charge in [-0.15, -0.1) is 0 Å². The highest BCUT2D eigenvalue weighted by Crippen LogP contribution is 2.24. The summed E-state index contributed by atoms with van der Waals surface area (Å²) in [5.74, 6) is -0.611. The SMILES string of the molecule is Cc1ccccc1N(CC(=O)N(Cc1ccccc1Cl)[C@H](Cc1ccccc1)C(=O)NCC(C)C)S(C)(=O)=O. The Morgan fingerprint density at radius 3 is 2.15 bits per heavy atom. The second-order valence-corrected chi connectivity index (χ2v) is 12.3. The van der Waals surface area contributed by atoms with Crippen molar-refractivity contribution in [2.45, 2.75) is 39.8 Å². The molecule has 0 aliphatic carbocycles. The first kappa shape index (κ1) is 30.2. The van der Waals surface area contributed by atoms with Crippen LogP contribution < -0.4 is 9.62 Å². The number of para-hydroxylation sites is 1. The third kappa shape index (κ3) is 8.57. The van der Waals surface area contributed by atoms with Crippen LogP contribution in [-0.2, 0) is 32.6 Å². The van der Waals surface area contributed by atoms with Gasteiger partial charge in [0, 0.05) is 24.5 Å². The molecule has 0 heterocycles. The lowest BCUT2D eigenvalue weighted by molar-refractivity contribution is -0.140. The topological polar surface area (TPSA) is 86.8 Å². The Morgan fingerprint density at radius 2 is 1.54 bits per heavy atom. The van der Waals surface area contributed by atoms with E-state index in [2.05, 4.69) is 5.32 Å². The largest absolute Gasteiger partial charge is 0.354 e. The number of sulfonamides is 1. The molecule has 0 fully saturated rings. The predicted octanol–water partition coefficient (Wildman–Crippen LogP) is 4.83. The predicted molar refractivity (Wildman–Crippen MR) is 157 cm³/mol. The summed E-state index contributed by atoms with van der Waals surface area (Å²) in [5.41, 5.74) is 2.65. The minimum atomic E-state index is -3.82. The standard InChI is InChI=1S/C30H36ClN3O4S/c1-22(2)19-32-30(36)28(18-24-13-6-5-7-14-24)33(20-25-15-9-10-16-26(25)31)29(35)21-34(39(4,37)38)27-17-11-8-12-23(27)3/h5-17,22,28H,18-21H2,1-4H3,(H,32,36)/t28-/m1/s1. The minimum Gasteiger partial charge on any atom is -0.354 e. The highest BCUT2D eigenvalue weighted by atomic mass is 35.5. The number of nitrogens with zero attached hydrogens (tertiary/aromatic N) is 2. The molecule has 0 radical (unpaired) electrons. The van der Waals surface area contributed by atoms with Crippen LogP contribution in [0.15, 0.2) is 78.9 Å². The monoisotopic (exact) mass is 569 g/mol. The van der Waals surface area contributed by atoms with Gasteiger partial charge in [-0.05, 0) is 41.7 Å². The number of hydrogen-bond acceptors (Lipinski definition) is 4. The summed E-state index contributed by atoms with van der Waals surface area (Å²) >= 11 is 6.47. The third-order valence-corrected chi connectivity index (χ3v) is 7.81. The highest BCUT2D eigenvalue weighted by Gasteiger charge is 2.33. The molecule has 39 heavy (non-hydrogen) atoms. The summed E-state index contributed by atoms with van der Waals surface area (Å²) in [6.07, 6.45) is 1.33. The van der Waals surface area contributed by atoms with Crippen molar-refractivity contribution in [3.8, 4) is 0 Å². The molecule has 0 aliphatic heterocycles. The van der Waals surface area contributed by atoms with Crippen molar-refractivity contribution in [3.05, 3.63) is 101 Å². The first-order valence-electron chi connectivity index (χ1n) is 12.8. The molecule has 0 saturated heterocycles. The van der Waals surface area contributed by atoms with E-state index in [1.165, 1.54) is 4.90 Å². The molecule has 0 bridgehead atoms. The van der Waals surface area contributed by atoms with Gasteiger partial charge in [0.05, 0.1) is 11.9 Å². The van der Waals surface area contributed by atoms with Crippen molar-refractivity contribution in [3.63, 3.8) is 0 Å². The molecule has 0 aliphatic rings. The summed E-state index contributed by atoms with van der Waals surface area (Å²) in [7, 11) is -3.82. The molecule has 0 saturated carbocycles. The second kappa shape index (κ2) is 13.6. The Bertz CT molecular complexity index is 1380. The van der Waals surface area contributed by atoms with Crippen LogP contribution in [0.1, 0.15) is 30.5 Å². The number of rotatable bonds is 12. The van der Waals surface area contributed by atoms with Crippen molar-refractivity contribution in [2.24, 2.45) is 5.92 Å². The zero-order valence-corrected chi connectivity index (χ0v) is 24.4. The number of carbonyl (C=O) groups excluding carboxylic acids is 2. The van der Waals surface area contributed by atoms with E-state index < -0.39 is 28.5 Å². The van der Waals surface area contributed by atoms with Gasteiger partial charge in [0.15, 0.2) is 0 Å². The van der Waals surface area contributed by atoms with E-state index in [0.29, 0.717) is 28.4 Å². The van der Waals surface area contributed by atoms with Gasteiger partial charge in [0.1, 0.15) is 12.6 Å². The van der Waals surface area contributed by atoms with Crippen LogP contribution in [0.2, 0.25) is 5.02 Å². The van der Waals surface area contributed by atoms with Crippen molar-refractivity contribution in [1.82, 2.24) is 10.2 Å². The van der Waals surface area contributed by atoms with E-state index >= 15 is 0 Å². The van der Waals surface area contributed by atoms with Crippen molar-refractivity contribution < 1.29 is 18.0 Å². The molecule has 9 heteroatoms. The normalized spacial score (nSPS) is 12.2. The summed E-state index contributed by atoms with van der Waals surface area (Å²) < 4.78 is 26.9. The van der Waals surface area contributed by atoms with Gasteiger partial charge in [0.2, 0.25) is 21.8 Å². The van der Waals surface area contributed by atoms with Gasteiger partial charge in [0.25, 0.3) is 0 Å². The molecule has 0 spiro atoms. The van der Waals surface area contributed by atoms with Gasteiger partial charge in [-0.2, -0.15) is 0 Å². The fourth-order valence-electron chi connectivity index (χ4n) is 4.22. The van der Waals surface area contributed by atoms with Crippen LogP contribution in [0.3, 0.4) is 0 Å². The smallest absolute Gasteiger partial charge is 0.244 e. The number of carbonyl (C=O) groups is 2. The van der Waals surface area contributed by atoms with E-state index in [0.717, 1.165) is 16.1 Å². The molecule has 7 nitrogen and oxygen atoms in total. The van der Waals surface area contributed by atoms with Gasteiger partial charge in [-0.3, -0.25) is 13.9 Å². The Labute approximate surface area is 236 Å². The maximum Gasteiger partial charge on any atom is 0.244 e. The number of nitrogens with one attached hydrogen (secondary N) is 1. The molecule has 1 atom stereocenters. The molecular weight excluding hydrogens is 534 g/mol. The zero-order chi connectivity index (χ0) is 28.6. The van der Waals surface area contributed by atoms with E-state index in [1.54, 1.807) is 49.4 Å². The van der Waals surface area contributed by atoms with Crippen LogP contribution >= 0.6 is 11.6 Å². The molecule has 3 rings (SSSR count). The number of anilines is 1. The summed E-state index contributed by atoms with van der Waals surface area (Å²) in [5, 5.41) is 3.42. The van der Waals surface area contributed by atoms with Crippen LogP contribution in [0.4, 0.5) is 5.69 Å². The summed E-state index contributed by atoms with van der Waals surface area (Å²) in [4.78, 5) is 29.1. The number of hydrogen-bond donors (Lipinski definition) is 1. The molecule has 0 unspecified atom stereocenters. The maximum absolute atomic E-state index is 14.1. The zero-order valence-electron chi connectivity index (χ0n) is 22.8. The second-order valence-electron chi connectivity index (χ2n) is 10.0. The number of halogens is 1. The third-order valence-electron chi connectivity index (χ3n) is 6.32. The minimum absolute atomic E-state index is 0.0382. The Balaban J connectivity index is 2.06. The molecule has 208 valence electrons. The fraction of sp³-hybridized carbons (Fsp3) is 0.333. The number of benzene rings is 3. The van der Waals surface area contributed by atoms with Crippen molar-refractivity contribution in [2.75, 3.05) is 23.7 Å². The van der Waals surface area contributed by atoms with Crippen LogP contribution in [0, 0.1) is 12.8 Å². The van der Waals surface area contributed by atoms with Crippen molar-refractivity contribution in [1.29, 1.82) is 0 Å². The number of amides is 2. The molecular formula is C30H36ClN3O4S. The van der Waals surface area contributed by atoms with Crippen LogP contribution in [0.5, 0.6) is 0 Å². The van der Waals surface area contributed by atoms with E-state index in [4.69, 9.17) is 11.6 Å². The maximum atomic E-state index is 14.1. The van der Waals surface area contributed by atoms with E-state index in [1.807, 2.05) is 50.2 Å². The van der Waals surface area contributed by atoms with Gasteiger partial charge in [-0.25, -0.2) is 8.42 Å². The van der Waals surface area contributed by atoms with Crippen molar-refractivity contribution >= 4 is 39.1 Å².